The van der Waals surface area contributed by atoms with E-state index in [0.717, 1.165) is 32.6 Å². The zero-order valence-electron chi connectivity index (χ0n) is 15.2. The molecule has 0 aromatic heterocycles. The number of morpholine rings is 1. The maximum Gasteiger partial charge on any atom is 0.315 e. The first kappa shape index (κ1) is 18.5. The van der Waals surface area contributed by atoms with E-state index in [1.807, 2.05) is 0 Å². The zero-order valence-corrected chi connectivity index (χ0v) is 15.2. The average molecular weight is 326 g/mol. The number of hydrogen-bond acceptors (Lipinski definition) is 4. The summed E-state index contributed by atoms with van der Waals surface area (Å²) in [6.07, 6.45) is 4.57. The molecule has 23 heavy (non-hydrogen) atoms. The average Bonchev–Trinajstić information content (AvgIpc) is 2.53. The minimum atomic E-state index is -0.0258. The lowest BCUT2D eigenvalue weighted by Gasteiger charge is -2.38. The summed E-state index contributed by atoms with van der Waals surface area (Å²) >= 11 is 0. The Kier molecular flexibility index (Phi) is 7.11. The fraction of sp³-hybridized carbons (Fsp3) is 0.941. The lowest BCUT2D eigenvalue weighted by molar-refractivity contribution is -0.0176. The van der Waals surface area contributed by atoms with Crippen LogP contribution in [0.15, 0.2) is 0 Å². The maximum atomic E-state index is 12.2. The maximum absolute atomic E-state index is 12.2. The van der Waals surface area contributed by atoms with Gasteiger partial charge in [-0.05, 0) is 53.6 Å². The van der Waals surface area contributed by atoms with E-state index in [1.165, 1.54) is 12.8 Å². The minimum Gasteiger partial charge on any atom is -0.379 e. The van der Waals surface area contributed by atoms with Gasteiger partial charge in [0.2, 0.25) is 0 Å². The summed E-state index contributed by atoms with van der Waals surface area (Å²) < 4.78 is 5.47. The number of carbonyl (C=O) groups is 1. The summed E-state index contributed by atoms with van der Waals surface area (Å²) in [7, 11) is 4.25. The predicted octanol–water partition coefficient (Wildman–Crippen LogP) is 1.27. The van der Waals surface area contributed by atoms with Crippen molar-refractivity contribution in [2.24, 2.45) is 0 Å². The van der Waals surface area contributed by atoms with E-state index in [9.17, 15) is 4.79 Å². The monoisotopic (exact) mass is 326 g/mol. The molecule has 6 nitrogen and oxygen atoms in total. The number of nitrogens with one attached hydrogen (secondary N) is 2. The van der Waals surface area contributed by atoms with Gasteiger partial charge in [0.05, 0.1) is 13.2 Å². The molecule has 1 aliphatic carbocycles. The first-order valence-electron chi connectivity index (χ1n) is 9.01. The van der Waals surface area contributed by atoms with E-state index in [4.69, 9.17) is 4.74 Å². The van der Waals surface area contributed by atoms with Crippen LogP contribution in [0.3, 0.4) is 0 Å². The van der Waals surface area contributed by atoms with Crippen molar-refractivity contribution < 1.29 is 9.53 Å². The van der Waals surface area contributed by atoms with Crippen LogP contribution in [0.5, 0.6) is 0 Å². The molecule has 2 rings (SSSR count). The van der Waals surface area contributed by atoms with E-state index in [1.54, 1.807) is 0 Å². The number of ether oxygens (including phenoxy) is 1. The number of hydrogen-bond donors (Lipinski definition) is 2. The SMILES string of the molecule is C[C@H](CNC(=O)N[C@@H]1CCC[C@@H](N(C)C)C1)N1CCOC[C@@H]1C. The normalized spacial score (nSPS) is 30.9. The van der Waals surface area contributed by atoms with Crippen LogP contribution in [0.25, 0.3) is 0 Å². The second kappa shape index (κ2) is 8.85. The third kappa shape index (κ3) is 5.62. The van der Waals surface area contributed by atoms with Crippen LogP contribution < -0.4 is 10.6 Å². The molecule has 0 unspecified atom stereocenters. The smallest absolute Gasteiger partial charge is 0.315 e. The quantitative estimate of drug-likeness (QED) is 0.799. The topological polar surface area (TPSA) is 56.8 Å². The zero-order chi connectivity index (χ0) is 16.8. The molecule has 0 spiro atoms. The highest BCUT2D eigenvalue weighted by atomic mass is 16.5. The highest BCUT2D eigenvalue weighted by Crippen LogP contribution is 2.21. The third-order valence-corrected chi connectivity index (χ3v) is 5.26. The standard InChI is InChI=1S/C17H34N4O2/c1-13(21-8-9-23-12-14(21)2)11-18-17(22)19-15-6-5-7-16(10-15)20(3)4/h13-16H,5-12H2,1-4H3,(H2,18,19,22)/t13-,14+,15-,16-/m1/s1. The largest absolute Gasteiger partial charge is 0.379 e. The van der Waals surface area contributed by atoms with Crippen LogP contribution in [0.1, 0.15) is 39.5 Å². The molecule has 1 heterocycles. The van der Waals surface area contributed by atoms with Crippen molar-refractivity contribution in [2.45, 2.75) is 63.7 Å². The fourth-order valence-corrected chi connectivity index (χ4v) is 3.75. The van der Waals surface area contributed by atoms with Crippen LogP contribution in [-0.2, 0) is 4.74 Å². The Hall–Kier alpha value is -0.850. The Morgan fingerprint density at radius 1 is 1.39 bits per heavy atom. The lowest BCUT2D eigenvalue weighted by Crippen LogP contribution is -2.54. The van der Waals surface area contributed by atoms with Crippen LogP contribution in [0.4, 0.5) is 4.79 Å². The highest BCUT2D eigenvalue weighted by molar-refractivity contribution is 5.74. The van der Waals surface area contributed by atoms with E-state index in [-0.39, 0.29) is 6.03 Å². The van der Waals surface area contributed by atoms with Gasteiger partial charge in [-0.15, -0.1) is 0 Å². The van der Waals surface area contributed by atoms with Crippen LogP contribution in [0.2, 0.25) is 0 Å². The Bertz CT molecular complexity index is 378. The van der Waals surface area contributed by atoms with Gasteiger partial charge in [-0.25, -0.2) is 4.79 Å². The summed E-state index contributed by atoms with van der Waals surface area (Å²) in [6, 6.07) is 1.61. The van der Waals surface area contributed by atoms with Crippen molar-refractivity contribution in [3.63, 3.8) is 0 Å². The molecule has 0 radical (unpaired) electrons. The molecular weight excluding hydrogens is 292 g/mol. The Morgan fingerprint density at radius 2 is 2.17 bits per heavy atom. The van der Waals surface area contributed by atoms with Crippen molar-refractivity contribution in [1.82, 2.24) is 20.4 Å². The Morgan fingerprint density at radius 3 is 2.87 bits per heavy atom. The summed E-state index contributed by atoms with van der Waals surface area (Å²) in [6.45, 7) is 7.54. The molecule has 4 atom stereocenters. The summed E-state index contributed by atoms with van der Waals surface area (Å²) in [5, 5.41) is 6.20. The molecule has 2 N–H and O–H groups in total. The van der Waals surface area contributed by atoms with Gasteiger partial charge < -0.3 is 20.3 Å². The minimum absolute atomic E-state index is 0.0258. The lowest BCUT2D eigenvalue weighted by atomic mass is 9.90. The first-order chi connectivity index (χ1) is 11.0. The van der Waals surface area contributed by atoms with E-state index < -0.39 is 0 Å². The van der Waals surface area contributed by atoms with Crippen LogP contribution in [0, 0.1) is 0 Å². The summed E-state index contributed by atoms with van der Waals surface area (Å²) in [4.78, 5) is 16.9. The van der Waals surface area contributed by atoms with Crippen molar-refractivity contribution in [2.75, 3.05) is 40.4 Å². The molecular formula is C17H34N4O2. The van der Waals surface area contributed by atoms with Gasteiger partial charge in [-0.1, -0.05) is 0 Å². The molecule has 1 saturated carbocycles. The second-order valence-corrected chi connectivity index (χ2v) is 7.35. The van der Waals surface area contributed by atoms with Crippen molar-refractivity contribution in [3.8, 4) is 0 Å². The molecule has 2 amide bonds. The fourth-order valence-electron chi connectivity index (χ4n) is 3.75. The number of carbonyl (C=O) groups excluding carboxylic acids is 1. The van der Waals surface area contributed by atoms with Crippen LogP contribution in [-0.4, -0.2) is 80.4 Å². The molecule has 134 valence electrons. The van der Waals surface area contributed by atoms with Crippen molar-refractivity contribution in [3.05, 3.63) is 0 Å². The molecule has 0 aromatic carbocycles. The van der Waals surface area contributed by atoms with Crippen LogP contribution >= 0.6 is 0 Å². The molecule has 0 bridgehead atoms. The van der Waals surface area contributed by atoms with E-state index in [2.05, 4.69) is 48.4 Å². The molecule has 1 aliphatic heterocycles. The van der Waals surface area contributed by atoms with Crippen molar-refractivity contribution in [1.29, 1.82) is 0 Å². The van der Waals surface area contributed by atoms with E-state index >= 15 is 0 Å². The number of urea groups is 1. The summed E-state index contributed by atoms with van der Waals surface area (Å²) in [5.74, 6) is 0. The van der Waals surface area contributed by atoms with Gasteiger partial charge in [0.15, 0.2) is 0 Å². The Labute approximate surface area is 140 Å². The van der Waals surface area contributed by atoms with Gasteiger partial charge >= 0.3 is 6.03 Å². The third-order valence-electron chi connectivity index (χ3n) is 5.26. The molecule has 0 aromatic rings. The first-order valence-corrected chi connectivity index (χ1v) is 9.01. The van der Waals surface area contributed by atoms with Gasteiger partial charge in [0, 0.05) is 37.3 Å². The van der Waals surface area contributed by atoms with Gasteiger partial charge in [-0.3, -0.25) is 4.90 Å². The summed E-state index contributed by atoms with van der Waals surface area (Å²) in [5.41, 5.74) is 0. The Balaban J connectivity index is 1.70. The predicted molar refractivity (Wildman–Crippen MR) is 92.7 cm³/mol. The molecule has 2 fully saturated rings. The molecule has 1 saturated heterocycles. The number of nitrogens with zero attached hydrogens (tertiary/aromatic N) is 2. The van der Waals surface area contributed by atoms with Gasteiger partial charge in [0.25, 0.3) is 0 Å². The van der Waals surface area contributed by atoms with Crippen molar-refractivity contribution >= 4 is 6.03 Å². The number of rotatable bonds is 5. The molecule has 2 aliphatic rings. The van der Waals surface area contributed by atoms with E-state index in [0.29, 0.717) is 30.7 Å². The molecule has 6 heteroatoms. The van der Waals surface area contributed by atoms with Gasteiger partial charge in [-0.2, -0.15) is 0 Å². The number of amides is 2. The second-order valence-electron chi connectivity index (χ2n) is 7.35. The highest BCUT2D eigenvalue weighted by Gasteiger charge is 2.26. The van der Waals surface area contributed by atoms with Gasteiger partial charge in [0.1, 0.15) is 0 Å².